The fraction of sp³-hybridized carbons (Fsp3) is 0.364. The number of rotatable bonds is 5. The summed E-state index contributed by atoms with van der Waals surface area (Å²) >= 11 is 0. The lowest BCUT2D eigenvalue weighted by Gasteiger charge is -2.11. The molecule has 16 heavy (non-hydrogen) atoms. The molecule has 0 saturated heterocycles. The number of aliphatic hydroxyl groups excluding tert-OH is 1. The summed E-state index contributed by atoms with van der Waals surface area (Å²) in [5, 5.41) is 20.1. The number of carbonyl (C=O) groups is 1. The molecule has 0 aromatic heterocycles. The summed E-state index contributed by atoms with van der Waals surface area (Å²) in [5.41, 5.74) is 6.55. The van der Waals surface area contributed by atoms with Gasteiger partial charge in [-0.15, -0.1) is 0 Å². The van der Waals surface area contributed by atoms with E-state index in [1.165, 1.54) is 0 Å². The smallest absolute Gasteiger partial charge is 0.237 e. The van der Waals surface area contributed by atoms with Crippen LogP contribution in [0.25, 0.3) is 0 Å². The van der Waals surface area contributed by atoms with Gasteiger partial charge in [0.1, 0.15) is 5.75 Å². The van der Waals surface area contributed by atoms with Crippen LogP contribution < -0.4 is 11.1 Å². The van der Waals surface area contributed by atoms with Crippen molar-refractivity contribution in [1.82, 2.24) is 5.32 Å². The minimum Gasteiger partial charge on any atom is -0.508 e. The van der Waals surface area contributed by atoms with E-state index in [0.29, 0.717) is 6.42 Å². The molecular formula is C11H16N2O3. The predicted molar refractivity (Wildman–Crippen MR) is 59.9 cm³/mol. The van der Waals surface area contributed by atoms with Gasteiger partial charge in [0.05, 0.1) is 12.6 Å². The molecule has 5 heteroatoms. The van der Waals surface area contributed by atoms with Gasteiger partial charge in [0.25, 0.3) is 0 Å². The summed E-state index contributed by atoms with van der Waals surface area (Å²) in [4.78, 5) is 11.4. The highest BCUT2D eigenvalue weighted by atomic mass is 16.3. The lowest BCUT2D eigenvalue weighted by molar-refractivity contribution is -0.122. The molecule has 0 spiro atoms. The Bertz CT molecular complexity index is 338. The molecule has 0 fully saturated rings. The Morgan fingerprint density at radius 1 is 1.38 bits per heavy atom. The average molecular weight is 224 g/mol. The van der Waals surface area contributed by atoms with Crippen LogP contribution >= 0.6 is 0 Å². The fourth-order valence-corrected chi connectivity index (χ4v) is 1.29. The van der Waals surface area contributed by atoms with E-state index in [2.05, 4.69) is 5.32 Å². The topological polar surface area (TPSA) is 95.6 Å². The SMILES string of the molecule is N[C@@H](Cc1ccc(O)cc1)C(=O)NCCO. The second-order valence-corrected chi connectivity index (χ2v) is 3.49. The summed E-state index contributed by atoms with van der Waals surface area (Å²) in [7, 11) is 0. The van der Waals surface area contributed by atoms with Crippen LogP contribution in [0.4, 0.5) is 0 Å². The van der Waals surface area contributed by atoms with Crippen LogP contribution in [0.1, 0.15) is 5.56 Å². The molecule has 0 aliphatic carbocycles. The van der Waals surface area contributed by atoms with Crippen molar-refractivity contribution in [3.8, 4) is 5.75 Å². The number of hydrogen-bond donors (Lipinski definition) is 4. The molecule has 88 valence electrons. The van der Waals surface area contributed by atoms with E-state index in [1.807, 2.05) is 0 Å². The van der Waals surface area contributed by atoms with Gasteiger partial charge in [-0.05, 0) is 24.1 Å². The predicted octanol–water partition coefficient (Wildman–Crippen LogP) is -0.630. The molecule has 0 saturated carbocycles. The molecule has 0 aliphatic heterocycles. The standard InChI is InChI=1S/C11H16N2O3/c12-10(11(16)13-5-6-14)7-8-1-3-9(15)4-2-8/h1-4,10,14-15H,5-7,12H2,(H,13,16)/t10-/m0/s1. The maximum Gasteiger partial charge on any atom is 0.237 e. The molecule has 0 unspecified atom stereocenters. The first-order valence-electron chi connectivity index (χ1n) is 5.05. The number of amides is 1. The third-order valence-electron chi connectivity index (χ3n) is 2.14. The number of nitrogens with one attached hydrogen (secondary N) is 1. The minimum atomic E-state index is -0.643. The highest BCUT2D eigenvalue weighted by Gasteiger charge is 2.12. The number of carbonyl (C=O) groups excluding carboxylic acids is 1. The number of nitrogens with two attached hydrogens (primary N) is 1. The van der Waals surface area contributed by atoms with Crippen molar-refractivity contribution in [2.45, 2.75) is 12.5 Å². The van der Waals surface area contributed by atoms with E-state index >= 15 is 0 Å². The Morgan fingerprint density at radius 2 is 2.00 bits per heavy atom. The van der Waals surface area contributed by atoms with Crippen LogP contribution in [0.5, 0.6) is 5.75 Å². The number of hydrogen-bond acceptors (Lipinski definition) is 4. The third kappa shape index (κ3) is 3.88. The summed E-state index contributed by atoms with van der Waals surface area (Å²) in [6.07, 6.45) is 0.400. The Kier molecular flexibility index (Phi) is 4.75. The zero-order valence-corrected chi connectivity index (χ0v) is 8.89. The summed E-state index contributed by atoms with van der Waals surface area (Å²) < 4.78 is 0. The van der Waals surface area contributed by atoms with Crippen LogP contribution in [-0.2, 0) is 11.2 Å². The van der Waals surface area contributed by atoms with Crippen LogP contribution in [0.3, 0.4) is 0 Å². The summed E-state index contributed by atoms with van der Waals surface area (Å²) in [5.74, 6) is -0.107. The molecule has 0 radical (unpaired) electrons. The molecule has 1 atom stereocenters. The van der Waals surface area contributed by atoms with Crippen LogP contribution in [-0.4, -0.2) is 35.3 Å². The van der Waals surface area contributed by atoms with E-state index in [1.54, 1.807) is 24.3 Å². The number of phenolic OH excluding ortho intramolecular Hbond substituents is 1. The van der Waals surface area contributed by atoms with Gasteiger partial charge in [-0.2, -0.15) is 0 Å². The number of aromatic hydroxyl groups is 1. The first kappa shape index (κ1) is 12.5. The Hall–Kier alpha value is -1.59. The van der Waals surface area contributed by atoms with Crippen molar-refractivity contribution in [1.29, 1.82) is 0 Å². The minimum absolute atomic E-state index is 0.0995. The molecule has 0 aliphatic rings. The van der Waals surface area contributed by atoms with E-state index in [9.17, 15) is 4.79 Å². The Morgan fingerprint density at radius 3 is 2.56 bits per heavy atom. The molecule has 5 nitrogen and oxygen atoms in total. The second-order valence-electron chi connectivity index (χ2n) is 3.49. The van der Waals surface area contributed by atoms with E-state index in [-0.39, 0.29) is 24.8 Å². The molecule has 1 aromatic carbocycles. The fourth-order valence-electron chi connectivity index (χ4n) is 1.29. The summed E-state index contributed by atoms with van der Waals surface area (Å²) in [6.45, 7) is 0.111. The largest absolute Gasteiger partial charge is 0.508 e. The van der Waals surface area contributed by atoms with Crippen molar-refractivity contribution >= 4 is 5.91 Å². The molecule has 0 heterocycles. The Labute approximate surface area is 93.9 Å². The van der Waals surface area contributed by atoms with Crippen molar-refractivity contribution in [3.05, 3.63) is 29.8 Å². The van der Waals surface area contributed by atoms with Crippen LogP contribution in [0.2, 0.25) is 0 Å². The third-order valence-corrected chi connectivity index (χ3v) is 2.14. The highest BCUT2D eigenvalue weighted by Crippen LogP contribution is 2.10. The van der Waals surface area contributed by atoms with Crippen molar-refractivity contribution in [3.63, 3.8) is 0 Å². The highest BCUT2D eigenvalue weighted by molar-refractivity contribution is 5.81. The zero-order valence-electron chi connectivity index (χ0n) is 8.89. The molecule has 1 amide bonds. The lowest BCUT2D eigenvalue weighted by atomic mass is 10.1. The lowest BCUT2D eigenvalue weighted by Crippen LogP contribution is -2.42. The van der Waals surface area contributed by atoms with E-state index < -0.39 is 6.04 Å². The molecule has 1 aromatic rings. The maximum absolute atomic E-state index is 11.4. The maximum atomic E-state index is 11.4. The monoisotopic (exact) mass is 224 g/mol. The van der Waals surface area contributed by atoms with Gasteiger partial charge in [0, 0.05) is 6.54 Å². The van der Waals surface area contributed by atoms with E-state index in [4.69, 9.17) is 15.9 Å². The molecule has 0 bridgehead atoms. The quantitative estimate of drug-likeness (QED) is 0.535. The first-order valence-corrected chi connectivity index (χ1v) is 5.05. The Balaban J connectivity index is 2.47. The van der Waals surface area contributed by atoms with Gasteiger partial charge in [0.15, 0.2) is 0 Å². The van der Waals surface area contributed by atoms with Gasteiger partial charge >= 0.3 is 0 Å². The van der Waals surface area contributed by atoms with Crippen molar-refractivity contribution in [2.24, 2.45) is 5.73 Å². The second kappa shape index (κ2) is 6.09. The van der Waals surface area contributed by atoms with Crippen molar-refractivity contribution in [2.75, 3.05) is 13.2 Å². The van der Waals surface area contributed by atoms with E-state index in [0.717, 1.165) is 5.56 Å². The van der Waals surface area contributed by atoms with Gasteiger partial charge in [-0.25, -0.2) is 0 Å². The van der Waals surface area contributed by atoms with Gasteiger partial charge in [-0.3, -0.25) is 4.79 Å². The number of phenols is 1. The summed E-state index contributed by atoms with van der Waals surface area (Å²) in [6, 6.07) is 5.89. The molecule has 5 N–H and O–H groups in total. The number of aliphatic hydroxyl groups is 1. The van der Waals surface area contributed by atoms with Crippen molar-refractivity contribution < 1.29 is 15.0 Å². The molecule has 1 rings (SSSR count). The average Bonchev–Trinajstić information content (AvgIpc) is 2.29. The zero-order chi connectivity index (χ0) is 12.0. The number of benzene rings is 1. The van der Waals surface area contributed by atoms with Gasteiger partial charge in [-0.1, -0.05) is 12.1 Å². The van der Waals surface area contributed by atoms with Crippen LogP contribution in [0, 0.1) is 0 Å². The normalized spacial score (nSPS) is 12.1. The first-order chi connectivity index (χ1) is 7.63. The van der Waals surface area contributed by atoms with Gasteiger partial charge in [0.2, 0.25) is 5.91 Å². The van der Waals surface area contributed by atoms with Crippen LogP contribution in [0.15, 0.2) is 24.3 Å². The van der Waals surface area contributed by atoms with Gasteiger partial charge < -0.3 is 21.3 Å². The molecular weight excluding hydrogens is 208 g/mol.